The maximum atomic E-state index is 12.1. The number of hydrogen-bond donors (Lipinski definition) is 3. The highest BCUT2D eigenvalue weighted by molar-refractivity contribution is 9.10. The second kappa shape index (κ2) is 6.67. The first-order valence-electron chi connectivity index (χ1n) is 6.99. The van der Waals surface area contributed by atoms with E-state index in [0.717, 1.165) is 5.39 Å². The SMILES string of the molecule is O=C(NNC(=O)c1cc(Br)ccc1O)c1ccc2ccccc2n1. The average molecular weight is 386 g/mol. The van der Waals surface area contributed by atoms with Crippen molar-refractivity contribution in [1.82, 2.24) is 15.8 Å². The fourth-order valence-corrected chi connectivity index (χ4v) is 2.49. The Kier molecular flexibility index (Phi) is 4.43. The number of halogens is 1. The Morgan fingerprint density at radius 2 is 1.71 bits per heavy atom. The summed E-state index contributed by atoms with van der Waals surface area (Å²) < 4.78 is 0.632. The molecular formula is C17H12BrN3O3. The number of pyridine rings is 1. The van der Waals surface area contributed by atoms with Gasteiger partial charge in [-0.15, -0.1) is 0 Å². The Balaban J connectivity index is 1.72. The summed E-state index contributed by atoms with van der Waals surface area (Å²) in [6, 6.07) is 15.2. The van der Waals surface area contributed by atoms with Gasteiger partial charge < -0.3 is 5.11 Å². The molecule has 0 saturated heterocycles. The number of aromatic nitrogens is 1. The summed E-state index contributed by atoms with van der Waals surface area (Å²) in [7, 11) is 0. The third-order valence-corrected chi connectivity index (χ3v) is 3.82. The highest BCUT2D eigenvalue weighted by atomic mass is 79.9. The molecule has 3 aromatic rings. The molecule has 0 aliphatic heterocycles. The fraction of sp³-hybridized carbons (Fsp3) is 0. The Bertz CT molecular complexity index is 943. The molecule has 1 heterocycles. The van der Waals surface area contributed by atoms with E-state index in [1.54, 1.807) is 24.3 Å². The van der Waals surface area contributed by atoms with Crippen molar-refractivity contribution < 1.29 is 14.7 Å². The zero-order valence-electron chi connectivity index (χ0n) is 12.3. The van der Waals surface area contributed by atoms with E-state index in [0.29, 0.717) is 9.99 Å². The van der Waals surface area contributed by atoms with Gasteiger partial charge in [-0.05, 0) is 30.3 Å². The van der Waals surface area contributed by atoms with E-state index < -0.39 is 11.8 Å². The van der Waals surface area contributed by atoms with Gasteiger partial charge >= 0.3 is 0 Å². The van der Waals surface area contributed by atoms with Crippen molar-refractivity contribution in [2.24, 2.45) is 0 Å². The van der Waals surface area contributed by atoms with Crippen molar-refractivity contribution in [3.8, 4) is 5.75 Å². The van der Waals surface area contributed by atoms with Crippen LogP contribution in [0.2, 0.25) is 0 Å². The van der Waals surface area contributed by atoms with E-state index in [4.69, 9.17) is 0 Å². The van der Waals surface area contributed by atoms with Crippen LogP contribution in [0.25, 0.3) is 10.9 Å². The molecule has 7 heteroatoms. The Morgan fingerprint density at radius 3 is 2.54 bits per heavy atom. The Morgan fingerprint density at radius 1 is 0.958 bits per heavy atom. The van der Waals surface area contributed by atoms with Crippen LogP contribution in [0.1, 0.15) is 20.8 Å². The van der Waals surface area contributed by atoms with Crippen LogP contribution in [0.5, 0.6) is 5.75 Å². The molecule has 0 aliphatic rings. The summed E-state index contributed by atoms with van der Waals surface area (Å²) in [5, 5.41) is 10.6. The van der Waals surface area contributed by atoms with Gasteiger partial charge in [0, 0.05) is 9.86 Å². The number of phenolic OH excluding ortho intramolecular Hbond substituents is 1. The highest BCUT2D eigenvalue weighted by Crippen LogP contribution is 2.21. The average Bonchev–Trinajstić information content (AvgIpc) is 2.61. The van der Waals surface area contributed by atoms with Crippen LogP contribution in [0, 0.1) is 0 Å². The van der Waals surface area contributed by atoms with Gasteiger partial charge in [0.15, 0.2) is 0 Å². The number of hydrazine groups is 1. The first-order chi connectivity index (χ1) is 11.5. The van der Waals surface area contributed by atoms with Crippen molar-refractivity contribution >= 4 is 38.6 Å². The number of phenols is 1. The van der Waals surface area contributed by atoms with Crippen LogP contribution in [0.4, 0.5) is 0 Å². The molecule has 3 N–H and O–H groups in total. The van der Waals surface area contributed by atoms with Crippen LogP contribution in [0.3, 0.4) is 0 Å². The van der Waals surface area contributed by atoms with E-state index in [9.17, 15) is 14.7 Å². The van der Waals surface area contributed by atoms with Crippen molar-refractivity contribution in [3.63, 3.8) is 0 Å². The van der Waals surface area contributed by atoms with Crippen LogP contribution < -0.4 is 10.9 Å². The molecule has 0 radical (unpaired) electrons. The number of para-hydroxylation sites is 1. The topological polar surface area (TPSA) is 91.3 Å². The monoisotopic (exact) mass is 385 g/mol. The lowest BCUT2D eigenvalue weighted by molar-refractivity contribution is 0.0842. The van der Waals surface area contributed by atoms with Crippen molar-refractivity contribution in [2.75, 3.05) is 0 Å². The summed E-state index contributed by atoms with van der Waals surface area (Å²) >= 11 is 3.22. The molecule has 0 bridgehead atoms. The number of nitrogens with one attached hydrogen (secondary N) is 2. The van der Waals surface area contributed by atoms with Gasteiger partial charge in [-0.1, -0.05) is 40.2 Å². The first kappa shape index (κ1) is 15.9. The van der Waals surface area contributed by atoms with Crippen LogP contribution in [-0.4, -0.2) is 21.9 Å². The predicted molar refractivity (Wildman–Crippen MR) is 92.5 cm³/mol. The number of hydrogen-bond acceptors (Lipinski definition) is 4. The first-order valence-corrected chi connectivity index (χ1v) is 7.79. The number of benzene rings is 2. The second-order valence-corrected chi connectivity index (χ2v) is 5.87. The number of rotatable bonds is 2. The van der Waals surface area contributed by atoms with Gasteiger partial charge in [0.25, 0.3) is 11.8 Å². The minimum absolute atomic E-state index is 0.0381. The Hall–Kier alpha value is -2.93. The Labute approximate surface area is 145 Å². The molecule has 120 valence electrons. The summed E-state index contributed by atoms with van der Waals surface area (Å²) in [6.07, 6.45) is 0. The van der Waals surface area contributed by atoms with Gasteiger partial charge in [-0.2, -0.15) is 0 Å². The van der Waals surface area contributed by atoms with Gasteiger partial charge in [0.2, 0.25) is 0 Å². The molecule has 0 saturated carbocycles. The van der Waals surface area contributed by atoms with Gasteiger partial charge in [0.1, 0.15) is 11.4 Å². The molecule has 0 fully saturated rings. The molecular weight excluding hydrogens is 374 g/mol. The normalized spacial score (nSPS) is 10.4. The molecule has 1 aromatic heterocycles. The van der Waals surface area contributed by atoms with E-state index in [2.05, 4.69) is 31.8 Å². The minimum atomic E-state index is -0.636. The van der Waals surface area contributed by atoms with E-state index in [1.165, 1.54) is 12.1 Å². The second-order valence-electron chi connectivity index (χ2n) is 4.96. The van der Waals surface area contributed by atoms with E-state index >= 15 is 0 Å². The third-order valence-electron chi connectivity index (χ3n) is 3.32. The number of amides is 2. The van der Waals surface area contributed by atoms with Crippen molar-refractivity contribution in [2.45, 2.75) is 0 Å². The summed E-state index contributed by atoms with van der Waals surface area (Å²) in [6.45, 7) is 0. The summed E-state index contributed by atoms with van der Waals surface area (Å²) in [4.78, 5) is 28.4. The smallest absolute Gasteiger partial charge is 0.288 e. The maximum Gasteiger partial charge on any atom is 0.288 e. The number of nitrogens with zero attached hydrogens (tertiary/aromatic N) is 1. The zero-order chi connectivity index (χ0) is 17.1. The molecule has 6 nitrogen and oxygen atoms in total. The number of aromatic hydroxyl groups is 1. The summed E-state index contributed by atoms with van der Waals surface area (Å²) in [5.74, 6) is -1.37. The van der Waals surface area contributed by atoms with Crippen LogP contribution in [-0.2, 0) is 0 Å². The highest BCUT2D eigenvalue weighted by Gasteiger charge is 2.14. The zero-order valence-corrected chi connectivity index (χ0v) is 13.9. The molecule has 2 amide bonds. The third kappa shape index (κ3) is 3.36. The van der Waals surface area contributed by atoms with Crippen molar-refractivity contribution in [3.05, 3.63) is 70.3 Å². The number of fused-ring (bicyclic) bond motifs is 1. The lowest BCUT2D eigenvalue weighted by Gasteiger charge is -2.09. The molecule has 0 spiro atoms. The fourth-order valence-electron chi connectivity index (χ4n) is 2.13. The largest absolute Gasteiger partial charge is 0.507 e. The van der Waals surface area contributed by atoms with Crippen molar-refractivity contribution in [1.29, 1.82) is 0 Å². The lowest BCUT2D eigenvalue weighted by atomic mass is 10.2. The van der Waals surface area contributed by atoms with Gasteiger partial charge in [-0.3, -0.25) is 20.4 Å². The van der Waals surface area contributed by atoms with Crippen LogP contribution >= 0.6 is 15.9 Å². The summed E-state index contributed by atoms with van der Waals surface area (Å²) in [5.41, 5.74) is 5.43. The molecule has 24 heavy (non-hydrogen) atoms. The minimum Gasteiger partial charge on any atom is -0.507 e. The molecule has 0 unspecified atom stereocenters. The quantitative estimate of drug-likeness (QED) is 0.591. The van der Waals surface area contributed by atoms with Gasteiger partial charge in [0.05, 0.1) is 11.1 Å². The predicted octanol–water partition coefficient (Wildman–Crippen LogP) is 2.78. The molecule has 2 aromatic carbocycles. The number of carbonyl (C=O) groups is 2. The number of carbonyl (C=O) groups excluding carboxylic acids is 2. The molecule has 3 rings (SSSR count). The molecule has 0 atom stereocenters. The standard InChI is InChI=1S/C17H12BrN3O3/c18-11-6-8-15(22)12(9-11)16(23)20-21-17(24)14-7-5-10-3-1-2-4-13(10)19-14/h1-9,22H,(H,20,23)(H,21,24). The van der Waals surface area contributed by atoms with Crippen LogP contribution in [0.15, 0.2) is 59.1 Å². The van der Waals surface area contributed by atoms with E-state index in [-0.39, 0.29) is 17.0 Å². The maximum absolute atomic E-state index is 12.1. The lowest BCUT2D eigenvalue weighted by Crippen LogP contribution is -2.42. The van der Waals surface area contributed by atoms with Gasteiger partial charge in [-0.25, -0.2) is 4.98 Å². The van der Waals surface area contributed by atoms with E-state index in [1.807, 2.05) is 18.2 Å². The molecule has 0 aliphatic carbocycles.